The van der Waals surface area contributed by atoms with E-state index in [1.165, 1.54) is 0 Å². The normalized spacial score (nSPS) is 24.1. The Morgan fingerprint density at radius 3 is 2.78 bits per heavy atom. The van der Waals surface area contributed by atoms with E-state index in [4.69, 9.17) is 25.2 Å². The number of benzene rings is 1. The zero-order valence-electron chi connectivity index (χ0n) is 27.3. The molecule has 0 radical (unpaired) electrons. The molecule has 2 N–H and O–H groups in total. The maximum Gasteiger partial charge on any atom is 0.318 e. The van der Waals surface area contributed by atoms with Crippen LogP contribution < -0.4 is 15.4 Å². The summed E-state index contributed by atoms with van der Waals surface area (Å²) >= 11 is 0. The topological polar surface area (TPSA) is 139 Å². The molecule has 1 spiro atoms. The van der Waals surface area contributed by atoms with Crippen LogP contribution in [0, 0.1) is 11.3 Å². The lowest BCUT2D eigenvalue weighted by Gasteiger charge is -2.43. The van der Waals surface area contributed by atoms with Gasteiger partial charge in [-0.15, -0.1) is 0 Å². The highest BCUT2D eigenvalue weighted by atomic mass is 16.5. The van der Waals surface area contributed by atoms with Crippen LogP contribution >= 0.6 is 0 Å². The molecule has 1 fully saturated rings. The number of aryl methyl sites for hydroxylation is 2. The fourth-order valence-electron chi connectivity index (χ4n) is 7.71. The number of nitrogen functional groups attached to an aromatic ring is 1. The van der Waals surface area contributed by atoms with Crippen LogP contribution in [0.5, 0.6) is 6.01 Å². The molecule has 4 aliphatic rings. The van der Waals surface area contributed by atoms with Crippen molar-refractivity contribution in [2.75, 3.05) is 51.5 Å². The number of carbonyl (C=O) groups is 1. The highest BCUT2D eigenvalue weighted by Crippen LogP contribution is 2.48. The van der Waals surface area contributed by atoms with Gasteiger partial charge in [0.2, 0.25) is 0 Å². The van der Waals surface area contributed by atoms with Crippen molar-refractivity contribution in [3.05, 3.63) is 57.5 Å². The first-order valence-corrected chi connectivity index (χ1v) is 16.3. The van der Waals surface area contributed by atoms with E-state index >= 15 is 0 Å². The van der Waals surface area contributed by atoms with Crippen LogP contribution in [-0.4, -0.2) is 81.8 Å². The summed E-state index contributed by atoms with van der Waals surface area (Å²) in [6.07, 6.45) is 6.15. The van der Waals surface area contributed by atoms with E-state index in [9.17, 15) is 10.1 Å². The van der Waals surface area contributed by atoms with Crippen LogP contribution in [0.3, 0.4) is 0 Å². The molecule has 1 aliphatic carbocycles. The molecule has 12 heteroatoms. The van der Waals surface area contributed by atoms with E-state index < -0.39 is 5.60 Å². The van der Waals surface area contributed by atoms with Gasteiger partial charge in [0.1, 0.15) is 24.1 Å². The lowest BCUT2D eigenvalue weighted by atomic mass is 9.72. The van der Waals surface area contributed by atoms with Crippen LogP contribution in [0.25, 0.3) is 0 Å². The lowest BCUT2D eigenvalue weighted by molar-refractivity contribution is -0.0857. The number of ether oxygens (including phenoxy) is 2. The van der Waals surface area contributed by atoms with Crippen molar-refractivity contribution in [1.29, 1.82) is 5.26 Å². The summed E-state index contributed by atoms with van der Waals surface area (Å²) in [6, 6.07) is 8.50. The van der Waals surface area contributed by atoms with Crippen LogP contribution in [0.15, 0.2) is 18.2 Å². The smallest absolute Gasteiger partial charge is 0.318 e. The van der Waals surface area contributed by atoms with Crippen molar-refractivity contribution >= 4 is 17.4 Å². The van der Waals surface area contributed by atoms with Gasteiger partial charge in [-0.2, -0.15) is 20.3 Å². The molecule has 7 rings (SSSR count). The Bertz CT molecular complexity index is 1730. The summed E-state index contributed by atoms with van der Waals surface area (Å²) in [5, 5.41) is 14.8. The molecule has 46 heavy (non-hydrogen) atoms. The van der Waals surface area contributed by atoms with Crippen LogP contribution in [0.2, 0.25) is 0 Å². The highest BCUT2D eigenvalue weighted by molar-refractivity contribution is 5.92. The second kappa shape index (κ2) is 11.5. The minimum Gasteiger partial charge on any atom is -0.461 e. The summed E-state index contributed by atoms with van der Waals surface area (Å²) in [5.74, 6) is 0.676. The third-order valence-electron chi connectivity index (χ3n) is 10.5. The van der Waals surface area contributed by atoms with Crippen LogP contribution in [-0.2, 0) is 42.9 Å². The van der Waals surface area contributed by atoms with E-state index in [-0.39, 0.29) is 11.4 Å². The summed E-state index contributed by atoms with van der Waals surface area (Å²) < 4.78 is 15.2. The number of nitriles is 1. The maximum absolute atomic E-state index is 12.7. The van der Waals surface area contributed by atoms with E-state index in [0.29, 0.717) is 55.7 Å². The number of carbonyl (C=O) groups excluding carboxylic acids is 1. The fourth-order valence-corrected chi connectivity index (χ4v) is 7.71. The zero-order chi connectivity index (χ0) is 32.2. The van der Waals surface area contributed by atoms with Gasteiger partial charge in [-0.1, -0.05) is 6.07 Å². The summed E-state index contributed by atoms with van der Waals surface area (Å²) in [5.41, 5.74) is 11.8. The molecule has 3 aliphatic heterocycles. The third-order valence-corrected chi connectivity index (χ3v) is 10.5. The van der Waals surface area contributed by atoms with Gasteiger partial charge in [0.25, 0.3) is 5.91 Å². The predicted octanol–water partition coefficient (Wildman–Crippen LogP) is 3.41. The highest BCUT2D eigenvalue weighted by Gasteiger charge is 2.45. The molecule has 0 saturated carbocycles. The molecule has 0 bridgehead atoms. The molecule has 3 aromatic rings. The van der Waals surface area contributed by atoms with E-state index in [1.54, 1.807) is 19.0 Å². The van der Waals surface area contributed by atoms with Crippen molar-refractivity contribution in [2.24, 2.45) is 0 Å². The zero-order valence-corrected chi connectivity index (χ0v) is 27.3. The Balaban J connectivity index is 1.28. The number of aromatic nitrogens is 4. The molecule has 2 aromatic heterocycles. The molecule has 2 atom stereocenters. The monoisotopic (exact) mass is 625 g/mol. The van der Waals surface area contributed by atoms with Crippen molar-refractivity contribution in [3.8, 4) is 12.1 Å². The SMILES string of the molecule is CN(C)C(=O)c1cc2n(n1)CCCN(c1nc(OCC3(C)CCCN3C)nc3c1COC1(CCCc4ccc(N)c(C#N)c41)C3)C2. The van der Waals surface area contributed by atoms with Crippen LogP contribution in [0.1, 0.15) is 83.2 Å². The first-order valence-electron chi connectivity index (χ1n) is 16.3. The van der Waals surface area contributed by atoms with Gasteiger partial charge >= 0.3 is 6.01 Å². The number of rotatable bonds is 5. The van der Waals surface area contributed by atoms with Gasteiger partial charge < -0.3 is 25.0 Å². The van der Waals surface area contributed by atoms with Gasteiger partial charge in [-0.25, -0.2) is 0 Å². The van der Waals surface area contributed by atoms with Crippen molar-refractivity contribution in [2.45, 2.75) is 82.7 Å². The third kappa shape index (κ3) is 5.15. The van der Waals surface area contributed by atoms with Crippen molar-refractivity contribution < 1.29 is 14.3 Å². The Hall–Kier alpha value is -4.21. The van der Waals surface area contributed by atoms with Crippen molar-refractivity contribution in [1.82, 2.24) is 29.5 Å². The molecule has 2 unspecified atom stereocenters. The second-order valence-electron chi connectivity index (χ2n) is 13.8. The second-order valence-corrected chi connectivity index (χ2v) is 13.8. The number of amides is 1. The first kappa shape index (κ1) is 30.4. The Kier molecular flexibility index (Phi) is 7.64. The average molecular weight is 626 g/mol. The molecule has 12 nitrogen and oxygen atoms in total. The minimum absolute atomic E-state index is 0.0875. The molecule has 242 valence electrons. The van der Waals surface area contributed by atoms with Gasteiger partial charge in [0, 0.05) is 50.4 Å². The van der Waals surface area contributed by atoms with E-state index in [1.807, 2.05) is 22.9 Å². The largest absolute Gasteiger partial charge is 0.461 e. The molecule has 1 saturated heterocycles. The Morgan fingerprint density at radius 2 is 2.02 bits per heavy atom. The predicted molar refractivity (Wildman–Crippen MR) is 172 cm³/mol. The molecule has 1 aromatic carbocycles. The lowest BCUT2D eigenvalue weighted by Crippen LogP contribution is -2.44. The number of fused-ring (bicyclic) bond motifs is 4. The molecule has 1 amide bonds. The van der Waals surface area contributed by atoms with Gasteiger partial charge in [0.15, 0.2) is 5.69 Å². The van der Waals surface area contributed by atoms with E-state index in [0.717, 1.165) is 85.5 Å². The standard InChI is InChI=1S/C34H43N9O3/c1-33(11-6-13-41(33)4)21-45-32-37-28-17-34(12-5-8-22-9-10-26(36)24(18-35)29(22)34)46-20-25(28)30(38-32)42-14-7-15-43-23(19-42)16-27(39-43)31(44)40(2)3/h9-10,16H,5-8,11-15,17,19-21,36H2,1-4H3. The summed E-state index contributed by atoms with van der Waals surface area (Å²) in [4.78, 5) is 29.0. The molecular formula is C34H43N9O3. The average Bonchev–Trinajstić information content (AvgIpc) is 3.53. The minimum atomic E-state index is -0.694. The van der Waals surface area contributed by atoms with Crippen LogP contribution in [0.4, 0.5) is 11.5 Å². The summed E-state index contributed by atoms with van der Waals surface area (Å²) in [6.45, 7) is 6.08. The Labute approximate surface area is 270 Å². The quantitative estimate of drug-likeness (QED) is 0.420. The van der Waals surface area contributed by atoms with Gasteiger partial charge in [-0.3, -0.25) is 14.4 Å². The number of nitrogens with two attached hydrogens (primary N) is 1. The van der Waals surface area contributed by atoms with E-state index in [2.05, 4.69) is 34.9 Å². The maximum atomic E-state index is 12.7. The number of likely N-dealkylation sites (tertiary alicyclic amines) is 1. The number of hydrogen-bond donors (Lipinski definition) is 1. The number of nitrogens with zero attached hydrogens (tertiary/aromatic N) is 8. The number of hydrogen-bond acceptors (Lipinski definition) is 10. The summed E-state index contributed by atoms with van der Waals surface area (Å²) in [7, 11) is 5.62. The Morgan fingerprint density at radius 1 is 1.17 bits per heavy atom. The fraction of sp³-hybridized carbons (Fsp3) is 0.559. The van der Waals surface area contributed by atoms with Gasteiger partial charge in [0.05, 0.1) is 35.6 Å². The number of anilines is 2. The van der Waals surface area contributed by atoms with Crippen molar-refractivity contribution in [3.63, 3.8) is 0 Å². The number of likely N-dealkylation sites (N-methyl/N-ethyl adjacent to an activating group) is 1. The molecular weight excluding hydrogens is 582 g/mol. The first-order chi connectivity index (χ1) is 22.1. The van der Waals surface area contributed by atoms with Gasteiger partial charge in [-0.05, 0) is 76.7 Å². The molecule has 5 heterocycles.